The van der Waals surface area contributed by atoms with E-state index in [1.54, 1.807) is 6.07 Å². The number of halogens is 1. The van der Waals surface area contributed by atoms with Gasteiger partial charge < -0.3 is 4.42 Å². The first kappa shape index (κ1) is 16.3. The summed E-state index contributed by atoms with van der Waals surface area (Å²) in [5, 5.41) is 0.879. The van der Waals surface area contributed by atoms with Crippen LogP contribution >= 0.6 is 15.9 Å². The molecular weight excluding hydrogens is 372 g/mol. The zero-order valence-corrected chi connectivity index (χ0v) is 14.5. The second-order valence-electron chi connectivity index (χ2n) is 5.36. The third-order valence-electron chi connectivity index (χ3n) is 3.64. The molecular formula is C18H15BrN2O3. The lowest BCUT2D eigenvalue weighted by Crippen LogP contribution is -2.42. The molecule has 0 fully saturated rings. The fraction of sp³-hybridized carbons (Fsp3) is 0.111. The van der Waals surface area contributed by atoms with Crippen LogP contribution in [-0.2, 0) is 11.2 Å². The lowest BCUT2D eigenvalue weighted by molar-refractivity contribution is -0.121. The van der Waals surface area contributed by atoms with Gasteiger partial charge in [-0.2, -0.15) is 0 Å². The normalized spacial score (nSPS) is 10.6. The van der Waals surface area contributed by atoms with Gasteiger partial charge in [0.2, 0.25) is 5.91 Å². The van der Waals surface area contributed by atoms with Crippen molar-refractivity contribution in [1.82, 2.24) is 10.9 Å². The van der Waals surface area contributed by atoms with Crippen LogP contribution in [0, 0.1) is 6.92 Å². The number of fused-ring (bicyclic) bond motifs is 1. The Balaban J connectivity index is 1.63. The second-order valence-corrected chi connectivity index (χ2v) is 6.27. The molecule has 0 saturated carbocycles. The molecule has 0 spiro atoms. The van der Waals surface area contributed by atoms with Gasteiger partial charge in [0.25, 0.3) is 0 Å². The predicted molar refractivity (Wildman–Crippen MR) is 94.4 cm³/mol. The van der Waals surface area contributed by atoms with E-state index in [0.717, 1.165) is 21.0 Å². The molecule has 122 valence electrons. The summed E-state index contributed by atoms with van der Waals surface area (Å²) >= 11 is 3.34. The Morgan fingerprint density at radius 3 is 2.46 bits per heavy atom. The number of hydrogen-bond acceptors (Lipinski definition) is 3. The molecule has 0 atom stereocenters. The summed E-state index contributed by atoms with van der Waals surface area (Å²) in [5.74, 6) is -0.590. The first-order valence-corrected chi connectivity index (χ1v) is 8.15. The molecule has 0 aliphatic rings. The van der Waals surface area contributed by atoms with Crippen molar-refractivity contribution < 1.29 is 14.0 Å². The summed E-state index contributed by atoms with van der Waals surface area (Å²) < 4.78 is 6.50. The van der Waals surface area contributed by atoms with Gasteiger partial charge in [-0.25, -0.2) is 0 Å². The van der Waals surface area contributed by atoms with E-state index in [0.29, 0.717) is 5.58 Å². The summed E-state index contributed by atoms with van der Waals surface area (Å²) in [6.45, 7) is 1.81. The van der Waals surface area contributed by atoms with Crippen molar-refractivity contribution >= 4 is 38.7 Å². The van der Waals surface area contributed by atoms with Crippen LogP contribution in [0.15, 0.2) is 57.4 Å². The van der Waals surface area contributed by atoms with E-state index < -0.39 is 5.91 Å². The lowest BCUT2D eigenvalue weighted by Gasteiger charge is -2.06. The van der Waals surface area contributed by atoms with Crippen LogP contribution in [0.2, 0.25) is 0 Å². The molecule has 0 bridgehead atoms. The molecule has 3 rings (SSSR count). The van der Waals surface area contributed by atoms with Crippen LogP contribution in [0.4, 0.5) is 0 Å². The van der Waals surface area contributed by atoms with Crippen LogP contribution in [0.3, 0.4) is 0 Å². The van der Waals surface area contributed by atoms with Crippen LogP contribution < -0.4 is 10.9 Å². The average Bonchev–Trinajstić information content (AvgIpc) is 2.92. The molecule has 6 heteroatoms. The van der Waals surface area contributed by atoms with Crippen molar-refractivity contribution in [2.24, 2.45) is 0 Å². The van der Waals surface area contributed by atoms with Crippen molar-refractivity contribution in [1.29, 1.82) is 0 Å². The number of furan rings is 1. The molecule has 24 heavy (non-hydrogen) atoms. The molecule has 2 amide bonds. The number of nitrogens with one attached hydrogen (secondary N) is 2. The number of carbonyl (C=O) groups excluding carboxylic acids is 2. The lowest BCUT2D eigenvalue weighted by atomic mass is 10.1. The number of aryl methyl sites for hydroxylation is 1. The molecule has 3 aromatic rings. The number of hydrazine groups is 1. The largest absolute Gasteiger partial charge is 0.451 e. The van der Waals surface area contributed by atoms with Gasteiger partial charge in [0.05, 0.1) is 6.42 Å². The molecule has 2 aromatic carbocycles. The number of benzene rings is 2. The standard InChI is InChI=1S/C18H15BrN2O3/c1-11-14-4-2-3-5-15(14)24-17(11)18(23)21-20-16(22)10-12-6-8-13(19)9-7-12/h2-9H,10H2,1H3,(H,20,22)(H,21,23). The van der Waals surface area contributed by atoms with Crippen molar-refractivity contribution in [3.05, 3.63) is 69.9 Å². The van der Waals surface area contributed by atoms with E-state index in [1.165, 1.54) is 0 Å². The van der Waals surface area contributed by atoms with Crippen molar-refractivity contribution in [3.8, 4) is 0 Å². The summed E-state index contributed by atoms with van der Waals surface area (Å²) in [6, 6.07) is 14.8. The first-order chi connectivity index (χ1) is 11.5. The topological polar surface area (TPSA) is 71.3 Å². The maximum absolute atomic E-state index is 12.2. The minimum Gasteiger partial charge on any atom is -0.451 e. The Kier molecular flexibility index (Phi) is 4.66. The minimum absolute atomic E-state index is 0.173. The highest BCUT2D eigenvalue weighted by molar-refractivity contribution is 9.10. The van der Waals surface area contributed by atoms with Crippen LogP contribution in [0.5, 0.6) is 0 Å². The van der Waals surface area contributed by atoms with Gasteiger partial charge in [-0.3, -0.25) is 20.4 Å². The highest BCUT2D eigenvalue weighted by atomic mass is 79.9. The molecule has 5 nitrogen and oxygen atoms in total. The third-order valence-corrected chi connectivity index (χ3v) is 4.17. The van der Waals surface area contributed by atoms with Gasteiger partial charge >= 0.3 is 5.91 Å². The Labute approximate surface area is 147 Å². The maximum Gasteiger partial charge on any atom is 0.305 e. The molecule has 1 aromatic heterocycles. The molecule has 0 aliphatic carbocycles. The van der Waals surface area contributed by atoms with Gasteiger partial charge in [-0.1, -0.05) is 46.3 Å². The Morgan fingerprint density at radius 1 is 1.04 bits per heavy atom. The maximum atomic E-state index is 12.2. The summed E-state index contributed by atoms with van der Waals surface area (Å²) in [5.41, 5.74) is 7.03. The van der Waals surface area contributed by atoms with Gasteiger partial charge in [-0.15, -0.1) is 0 Å². The van der Waals surface area contributed by atoms with E-state index in [1.807, 2.05) is 49.4 Å². The second kappa shape index (κ2) is 6.88. The summed E-state index contributed by atoms with van der Waals surface area (Å²) in [7, 11) is 0. The average molecular weight is 387 g/mol. The highest BCUT2D eigenvalue weighted by Gasteiger charge is 2.17. The smallest absolute Gasteiger partial charge is 0.305 e. The summed E-state index contributed by atoms with van der Waals surface area (Å²) in [4.78, 5) is 24.1. The first-order valence-electron chi connectivity index (χ1n) is 7.36. The number of hydrogen-bond donors (Lipinski definition) is 2. The molecule has 0 unspecified atom stereocenters. The van der Waals surface area contributed by atoms with Gasteiger partial charge in [0.15, 0.2) is 5.76 Å². The van der Waals surface area contributed by atoms with Crippen molar-refractivity contribution in [2.45, 2.75) is 13.3 Å². The molecule has 1 heterocycles. The van der Waals surface area contributed by atoms with Crippen LogP contribution in [0.25, 0.3) is 11.0 Å². The quantitative estimate of drug-likeness (QED) is 0.676. The van der Waals surface area contributed by atoms with Crippen LogP contribution in [-0.4, -0.2) is 11.8 Å². The highest BCUT2D eigenvalue weighted by Crippen LogP contribution is 2.24. The predicted octanol–water partition coefficient (Wildman–Crippen LogP) is 3.51. The monoisotopic (exact) mass is 386 g/mol. The van der Waals surface area contributed by atoms with E-state index in [-0.39, 0.29) is 18.1 Å². The van der Waals surface area contributed by atoms with Crippen molar-refractivity contribution in [2.75, 3.05) is 0 Å². The molecule has 0 aliphatic heterocycles. The third kappa shape index (κ3) is 3.49. The number of amides is 2. The van der Waals surface area contributed by atoms with Gasteiger partial charge in [0.1, 0.15) is 5.58 Å². The van der Waals surface area contributed by atoms with Crippen molar-refractivity contribution in [3.63, 3.8) is 0 Å². The molecule has 2 N–H and O–H groups in total. The Hall–Kier alpha value is -2.60. The van der Waals surface area contributed by atoms with E-state index in [2.05, 4.69) is 26.8 Å². The zero-order valence-electron chi connectivity index (χ0n) is 12.9. The van der Waals surface area contributed by atoms with E-state index in [9.17, 15) is 9.59 Å². The Bertz CT molecular complexity index is 900. The fourth-order valence-electron chi connectivity index (χ4n) is 2.41. The fourth-order valence-corrected chi connectivity index (χ4v) is 2.67. The van der Waals surface area contributed by atoms with Crippen LogP contribution in [0.1, 0.15) is 21.7 Å². The Morgan fingerprint density at radius 2 is 1.75 bits per heavy atom. The van der Waals surface area contributed by atoms with E-state index >= 15 is 0 Å². The number of rotatable bonds is 3. The number of carbonyl (C=O) groups is 2. The van der Waals surface area contributed by atoms with Gasteiger partial charge in [-0.05, 0) is 30.7 Å². The number of para-hydroxylation sites is 1. The zero-order chi connectivity index (χ0) is 17.1. The molecule has 0 radical (unpaired) electrons. The summed E-state index contributed by atoms with van der Waals surface area (Å²) in [6.07, 6.45) is 0.173. The van der Waals surface area contributed by atoms with Gasteiger partial charge in [0, 0.05) is 15.4 Å². The molecule has 0 saturated heterocycles. The SMILES string of the molecule is Cc1c(C(=O)NNC(=O)Cc2ccc(Br)cc2)oc2ccccc12. The minimum atomic E-state index is -0.479. The van der Waals surface area contributed by atoms with E-state index in [4.69, 9.17) is 4.42 Å².